The molecule has 1 aromatic carbocycles. The molecule has 1 saturated heterocycles. The van der Waals surface area contributed by atoms with Gasteiger partial charge >= 0.3 is 0 Å². The van der Waals surface area contributed by atoms with Crippen molar-refractivity contribution in [1.82, 2.24) is 4.90 Å². The van der Waals surface area contributed by atoms with Crippen molar-refractivity contribution in [2.75, 3.05) is 20.2 Å². The van der Waals surface area contributed by atoms with Crippen molar-refractivity contribution >= 4 is 18.3 Å². The Hall–Kier alpha value is -1.33. The monoisotopic (exact) mass is 302 g/mol. The van der Waals surface area contributed by atoms with Crippen LogP contribution in [0.25, 0.3) is 0 Å². The summed E-state index contributed by atoms with van der Waals surface area (Å²) >= 11 is 0. The summed E-state index contributed by atoms with van der Waals surface area (Å²) < 4.78 is 18.4. The molecule has 1 amide bonds. The van der Waals surface area contributed by atoms with Crippen LogP contribution in [0.1, 0.15) is 23.7 Å². The third kappa shape index (κ3) is 3.41. The Kier molecular flexibility index (Phi) is 5.77. The van der Waals surface area contributed by atoms with Crippen LogP contribution in [0.5, 0.6) is 5.75 Å². The first kappa shape index (κ1) is 16.7. The molecule has 2 atom stereocenters. The smallest absolute Gasteiger partial charge is 0.253 e. The van der Waals surface area contributed by atoms with Gasteiger partial charge < -0.3 is 15.4 Å². The Morgan fingerprint density at radius 1 is 1.55 bits per heavy atom. The van der Waals surface area contributed by atoms with Crippen LogP contribution in [0.4, 0.5) is 4.39 Å². The summed E-state index contributed by atoms with van der Waals surface area (Å²) in [5.41, 5.74) is 6.20. The fourth-order valence-corrected chi connectivity index (χ4v) is 2.38. The predicted molar refractivity (Wildman–Crippen MR) is 77.9 cm³/mol. The molecule has 1 aliphatic heterocycles. The summed E-state index contributed by atoms with van der Waals surface area (Å²) in [7, 11) is 1.40. The molecule has 2 N–H and O–H groups in total. The summed E-state index contributed by atoms with van der Waals surface area (Å²) in [5.74, 6) is -0.195. The van der Waals surface area contributed by atoms with Gasteiger partial charge in [-0.05, 0) is 37.5 Å². The Bertz CT molecular complexity index is 482. The third-order valence-corrected chi connectivity index (χ3v) is 3.65. The standard InChI is InChI=1S/C14H19FN2O2.ClH/c1-9(16)11-5-6-17(8-11)14(18)10-3-4-13(19-2)12(15)7-10;/h3-4,7,9,11H,5-6,8,16H2,1-2H3;1H. The molecule has 0 aliphatic carbocycles. The molecule has 1 aromatic rings. The topological polar surface area (TPSA) is 55.6 Å². The van der Waals surface area contributed by atoms with E-state index in [0.717, 1.165) is 6.42 Å². The Morgan fingerprint density at radius 3 is 2.75 bits per heavy atom. The number of hydrogen-bond donors (Lipinski definition) is 1. The van der Waals surface area contributed by atoms with Gasteiger partial charge in [-0.3, -0.25) is 4.79 Å². The normalized spacial score (nSPS) is 19.4. The van der Waals surface area contributed by atoms with Gasteiger partial charge in [0.15, 0.2) is 11.6 Å². The van der Waals surface area contributed by atoms with Gasteiger partial charge in [0.25, 0.3) is 5.91 Å². The second-order valence-corrected chi connectivity index (χ2v) is 5.01. The van der Waals surface area contributed by atoms with E-state index in [9.17, 15) is 9.18 Å². The van der Waals surface area contributed by atoms with Gasteiger partial charge in [0.05, 0.1) is 7.11 Å². The van der Waals surface area contributed by atoms with Crippen LogP contribution in [0.3, 0.4) is 0 Å². The fourth-order valence-electron chi connectivity index (χ4n) is 2.38. The average molecular weight is 303 g/mol. The van der Waals surface area contributed by atoms with E-state index in [1.54, 1.807) is 11.0 Å². The number of carbonyl (C=O) groups is 1. The first-order chi connectivity index (χ1) is 9.02. The largest absolute Gasteiger partial charge is 0.494 e. The van der Waals surface area contributed by atoms with Gasteiger partial charge in [0.1, 0.15) is 0 Å². The van der Waals surface area contributed by atoms with Gasteiger partial charge in [0, 0.05) is 24.7 Å². The molecule has 0 aromatic heterocycles. The lowest BCUT2D eigenvalue weighted by Gasteiger charge is -2.18. The number of amides is 1. The fraction of sp³-hybridized carbons (Fsp3) is 0.500. The summed E-state index contributed by atoms with van der Waals surface area (Å²) in [6, 6.07) is 4.36. The van der Waals surface area contributed by atoms with Gasteiger partial charge in [0.2, 0.25) is 0 Å². The minimum Gasteiger partial charge on any atom is -0.494 e. The van der Waals surface area contributed by atoms with E-state index in [4.69, 9.17) is 10.5 Å². The lowest BCUT2D eigenvalue weighted by molar-refractivity contribution is 0.0785. The minimum absolute atomic E-state index is 0. The molecular weight excluding hydrogens is 283 g/mol. The maximum absolute atomic E-state index is 13.6. The minimum atomic E-state index is -0.517. The zero-order valence-corrected chi connectivity index (χ0v) is 12.5. The highest BCUT2D eigenvalue weighted by molar-refractivity contribution is 5.94. The molecule has 4 nitrogen and oxygen atoms in total. The molecule has 0 saturated carbocycles. The number of rotatable bonds is 3. The molecule has 2 rings (SSSR count). The van der Waals surface area contributed by atoms with Crippen LogP contribution < -0.4 is 10.5 Å². The summed E-state index contributed by atoms with van der Waals surface area (Å²) in [4.78, 5) is 14.0. The van der Waals surface area contributed by atoms with Gasteiger partial charge in [-0.2, -0.15) is 0 Å². The number of likely N-dealkylation sites (tertiary alicyclic amines) is 1. The van der Waals surface area contributed by atoms with Crippen LogP contribution in [0.2, 0.25) is 0 Å². The maximum atomic E-state index is 13.6. The molecule has 1 aliphatic rings. The molecule has 20 heavy (non-hydrogen) atoms. The predicted octanol–water partition coefficient (Wildman–Crippen LogP) is 2.07. The van der Waals surface area contributed by atoms with Crippen molar-refractivity contribution in [2.24, 2.45) is 11.7 Å². The second kappa shape index (κ2) is 6.90. The second-order valence-electron chi connectivity index (χ2n) is 5.01. The van der Waals surface area contributed by atoms with Crippen molar-refractivity contribution in [3.05, 3.63) is 29.6 Å². The van der Waals surface area contributed by atoms with Gasteiger partial charge in [-0.1, -0.05) is 0 Å². The summed E-state index contributed by atoms with van der Waals surface area (Å²) in [6.45, 7) is 3.27. The Balaban J connectivity index is 0.00000200. The zero-order chi connectivity index (χ0) is 14.0. The average Bonchev–Trinajstić information content (AvgIpc) is 2.87. The molecule has 0 bridgehead atoms. The van der Waals surface area contributed by atoms with E-state index in [2.05, 4.69) is 0 Å². The van der Waals surface area contributed by atoms with Crippen molar-refractivity contribution in [1.29, 1.82) is 0 Å². The number of halogens is 2. The van der Waals surface area contributed by atoms with Crippen molar-refractivity contribution in [3.63, 3.8) is 0 Å². The van der Waals surface area contributed by atoms with E-state index in [1.807, 2.05) is 6.92 Å². The van der Waals surface area contributed by atoms with Crippen molar-refractivity contribution < 1.29 is 13.9 Å². The summed E-state index contributed by atoms with van der Waals surface area (Å²) in [6.07, 6.45) is 0.905. The van der Waals surface area contributed by atoms with Crippen molar-refractivity contribution in [2.45, 2.75) is 19.4 Å². The lowest BCUT2D eigenvalue weighted by atomic mass is 10.0. The lowest BCUT2D eigenvalue weighted by Crippen LogP contribution is -2.33. The van der Waals surface area contributed by atoms with E-state index >= 15 is 0 Å². The van der Waals surface area contributed by atoms with Crippen molar-refractivity contribution in [3.8, 4) is 5.75 Å². The number of carbonyl (C=O) groups excluding carboxylic acids is 1. The molecule has 112 valence electrons. The number of hydrogen-bond acceptors (Lipinski definition) is 3. The molecule has 2 unspecified atom stereocenters. The van der Waals surface area contributed by atoms with E-state index < -0.39 is 5.82 Å². The van der Waals surface area contributed by atoms with E-state index in [1.165, 1.54) is 19.2 Å². The maximum Gasteiger partial charge on any atom is 0.253 e. The number of nitrogens with two attached hydrogens (primary N) is 1. The van der Waals surface area contributed by atoms with Crippen LogP contribution in [0, 0.1) is 11.7 Å². The highest BCUT2D eigenvalue weighted by atomic mass is 35.5. The number of benzene rings is 1. The first-order valence-corrected chi connectivity index (χ1v) is 6.41. The van der Waals surface area contributed by atoms with Crippen LogP contribution in [-0.4, -0.2) is 37.0 Å². The molecule has 1 fully saturated rings. The molecule has 0 radical (unpaired) electrons. The Labute approximate surface area is 124 Å². The number of nitrogens with zero attached hydrogens (tertiary/aromatic N) is 1. The van der Waals surface area contributed by atoms with Crippen LogP contribution >= 0.6 is 12.4 Å². The highest BCUT2D eigenvalue weighted by Gasteiger charge is 2.29. The highest BCUT2D eigenvalue weighted by Crippen LogP contribution is 2.23. The quantitative estimate of drug-likeness (QED) is 0.930. The Morgan fingerprint density at radius 2 is 2.25 bits per heavy atom. The van der Waals surface area contributed by atoms with Crippen LogP contribution in [0.15, 0.2) is 18.2 Å². The molecule has 1 heterocycles. The van der Waals surface area contributed by atoms with Gasteiger partial charge in [-0.15, -0.1) is 12.4 Å². The molecule has 6 heteroatoms. The number of methoxy groups -OCH3 is 1. The first-order valence-electron chi connectivity index (χ1n) is 6.41. The van der Waals surface area contributed by atoms with Crippen LogP contribution in [-0.2, 0) is 0 Å². The summed E-state index contributed by atoms with van der Waals surface area (Å²) in [5, 5.41) is 0. The molecular formula is C14H20ClFN2O2. The SMILES string of the molecule is COc1ccc(C(=O)N2CCC(C(C)N)C2)cc1F.Cl. The third-order valence-electron chi connectivity index (χ3n) is 3.65. The van der Waals surface area contributed by atoms with Gasteiger partial charge in [-0.25, -0.2) is 4.39 Å². The van der Waals surface area contributed by atoms with E-state index in [-0.39, 0.29) is 30.1 Å². The number of ether oxygens (including phenoxy) is 1. The zero-order valence-electron chi connectivity index (χ0n) is 11.6. The molecule has 0 spiro atoms. The van der Waals surface area contributed by atoms with E-state index in [0.29, 0.717) is 24.6 Å².